The summed E-state index contributed by atoms with van der Waals surface area (Å²) in [6.45, 7) is 0.979. The number of halogens is 4. The second-order valence-electron chi connectivity index (χ2n) is 8.73. The minimum atomic E-state index is -4.87. The van der Waals surface area contributed by atoms with Gasteiger partial charge in [-0.25, -0.2) is 12.8 Å². The van der Waals surface area contributed by atoms with E-state index in [4.69, 9.17) is 0 Å². The first-order chi connectivity index (χ1) is 17.3. The van der Waals surface area contributed by atoms with Crippen LogP contribution in [0.2, 0.25) is 0 Å². The number of anilines is 1. The van der Waals surface area contributed by atoms with Crippen molar-refractivity contribution in [3.8, 4) is 0 Å². The van der Waals surface area contributed by atoms with Crippen molar-refractivity contribution in [2.75, 3.05) is 30.3 Å². The average molecular weight is 577 g/mol. The molecule has 1 fully saturated rings. The first kappa shape index (κ1) is 27.7. The van der Waals surface area contributed by atoms with Crippen molar-refractivity contribution in [1.29, 1.82) is 0 Å². The molecule has 3 aromatic rings. The number of aliphatic hydroxyl groups is 1. The minimum Gasteiger partial charge on any atom is -0.376 e. The molecule has 2 heterocycles. The molecule has 6 nitrogen and oxygen atoms in total. The van der Waals surface area contributed by atoms with Crippen molar-refractivity contribution >= 4 is 37.8 Å². The van der Waals surface area contributed by atoms with Gasteiger partial charge in [0.1, 0.15) is 10.0 Å². The molecule has 200 valence electrons. The Bertz CT molecular complexity index is 1340. The molecular weight excluding hydrogens is 552 g/mol. The molecule has 4 rings (SSSR count). The number of alkyl halides is 3. The highest BCUT2D eigenvalue weighted by atomic mass is 32.2. The predicted octanol–water partition coefficient (Wildman–Crippen LogP) is 4.34. The van der Waals surface area contributed by atoms with Crippen molar-refractivity contribution < 1.29 is 35.3 Å². The quantitative estimate of drug-likeness (QED) is 0.424. The number of sulfonamides is 1. The molecule has 1 unspecified atom stereocenters. The van der Waals surface area contributed by atoms with Gasteiger partial charge in [-0.15, -0.1) is 11.3 Å². The molecule has 1 aliphatic rings. The van der Waals surface area contributed by atoms with Crippen molar-refractivity contribution in [2.24, 2.45) is 0 Å². The van der Waals surface area contributed by atoms with Gasteiger partial charge < -0.3 is 10.0 Å². The molecule has 0 saturated carbocycles. The van der Waals surface area contributed by atoms with Crippen LogP contribution in [0, 0.1) is 5.82 Å². The van der Waals surface area contributed by atoms with Gasteiger partial charge in [0.15, 0.2) is 5.60 Å². The third-order valence-electron chi connectivity index (χ3n) is 6.27. The summed E-state index contributed by atoms with van der Waals surface area (Å²) in [7, 11) is -5.40. The van der Waals surface area contributed by atoms with E-state index in [-0.39, 0.29) is 35.2 Å². The Hall–Kier alpha value is -2.32. The van der Waals surface area contributed by atoms with Crippen molar-refractivity contribution in [3.63, 3.8) is 0 Å². The smallest absolute Gasteiger partial charge is 0.376 e. The maximum Gasteiger partial charge on any atom is 0.421 e. The fourth-order valence-corrected chi connectivity index (χ4v) is 7.94. The minimum absolute atomic E-state index is 0.00408. The summed E-state index contributed by atoms with van der Waals surface area (Å²) in [6, 6.07) is 12.9. The summed E-state index contributed by atoms with van der Waals surface area (Å²) in [4.78, 5) is 2.17. The maximum atomic E-state index is 13.3. The lowest BCUT2D eigenvalue weighted by atomic mass is 9.95. The lowest BCUT2D eigenvalue weighted by Crippen LogP contribution is -2.56. The molecule has 0 aliphatic carbocycles. The summed E-state index contributed by atoms with van der Waals surface area (Å²) in [5.74, 6) is -0.479. The van der Waals surface area contributed by atoms with Gasteiger partial charge in [0.05, 0.1) is 16.8 Å². The first-order valence-electron chi connectivity index (χ1n) is 11.1. The molecule has 1 aromatic heterocycles. The molecule has 3 atom stereocenters. The summed E-state index contributed by atoms with van der Waals surface area (Å²) in [5.41, 5.74) is -2.88. The zero-order valence-corrected chi connectivity index (χ0v) is 22.0. The summed E-state index contributed by atoms with van der Waals surface area (Å²) in [5, 5.41) is 11.6. The van der Waals surface area contributed by atoms with E-state index < -0.39 is 44.5 Å². The van der Waals surface area contributed by atoms with E-state index in [1.807, 2.05) is 0 Å². The van der Waals surface area contributed by atoms with Crippen LogP contribution in [-0.4, -0.2) is 59.6 Å². The predicted molar refractivity (Wildman–Crippen MR) is 134 cm³/mol. The number of piperazine rings is 1. The van der Waals surface area contributed by atoms with Crippen LogP contribution in [0.15, 0.2) is 75.1 Å². The fraction of sp³-hybridized carbons (Fsp3) is 0.333. The number of hydrogen-bond donors (Lipinski definition) is 1. The Kier molecular flexibility index (Phi) is 7.82. The number of thiophene rings is 1. The van der Waals surface area contributed by atoms with Gasteiger partial charge in [-0.05, 0) is 60.3 Å². The molecule has 0 radical (unpaired) electrons. The molecule has 1 aliphatic heterocycles. The number of benzene rings is 2. The summed E-state index contributed by atoms with van der Waals surface area (Å²) in [6.07, 6.45) is -4.87. The van der Waals surface area contributed by atoms with Gasteiger partial charge in [0.25, 0.3) is 10.0 Å². The van der Waals surface area contributed by atoms with Crippen molar-refractivity contribution in [1.82, 2.24) is 4.31 Å². The highest BCUT2D eigenvalue weighted by Crippen LogP contribution is 2.39. The monoisotopic (exact) mass is 576 g/mol. The summed E-state index contributed by atoms with van der Waals surface area (Å²) < 4.78 is 94.0. The van der Waals surface area contributed by atoms with Crippen LogP contribution in [0.3, 0.4) is 0 Å². The van der Waals surface area contributed by atoms with E-state index in [0.717, 1.165) is 11.3 Å². The third-order valence-corrected chi connectivity index (χ3v) is 11.0. The number of rotatable bonds is 7. The van der Waals surface area contributed by atoms with Crippen LogP contribution in [-0.2, 0) is 26.4 Å². The van der Waals surface area contributed by atoms with E-state index in [0.29, 0.717) is 17.5 Å². The van der Waals surface area contributed by atoms with Crippen LogP contribution in [0.1, 0.15) is 12.5 Å². The molecule has 37 heavy (non-hydrogen) atoms. The number of nitrogens with zero attached hydrogens (tertiary/aromatic N) is 2. The summed E-state index contributed by atoms with van der Waals surface area (Å²) >= 11 is 1.09. The molecule has 0 bridgehead atoms. The molecule has 0 spiro atoms. The highest BCUT2D eigenvalue weighted by Gasteiger charge is 2.51. The lowest BCUT2D eigenvalue weighted by Gasteiger charge is -2.42. The second kappa shape index (κ2) is 10.4. The zero-order valence-electron chi connectivity index (χ0n) is 19.6. The topological polar surface area (TPSA) is 77.9 Å². The average Bonchev–Trinajstić information content (AvgIpc) is 3.40. The highest BCUT2D eigenvalue weighted by molar-refractivity contribution is 7.91. The molecule has 13 heteroatoms. The van der Waals surface area contributed by atoms with E-state index >= 15 is 0 Å². The van der Waals surface area contributed by atoms with Crippen LogP contribution >= 0.6 is 11.3 Å². The van der Waals surface area contributed by atoms with Crippen LogP contribution in [0.4, 0.5) is 23.2 Å². The van der Waals surface area contributed by atoms with Gasteiger partial charge in [0.2, 0.25) is 0 Å². The molecule has 0 amide bonds. The number of hydrogen-bond acceptors (Lipinski definition) is 6. The molecule has 1 saturated heterocycles. The van der Waals surface area contributed by atoms with E-state index in [9.17, 15) is 35.3 Å². The van der Waals surface area contributed by atoms with Crippen LogP contribution in [0.5, 0.6) is 0 Å². The van der Waals surface area contributed by atoms with E-state index in [1.54, 1.807) is 16.3 Å². The van der Waals surface area contributed by atoms with Crippen LogP contribution in [0.25, 0.3) is 0 Å². The lowest BCUT2D eigenvalue weighted by molar-refractivity contribution is -0.258. The molecular formula is C24H24F4N2O4S3. The van der Waals surface area contributed by atoms with Gasteiger partial charge in [-0.1, -0.05) is 18.2 Å². The second-order valence-corrected chi connectivity index (χ2v) is 13.3. The normalized spacial score (nSPS) is 19.9. The van der Waals surface area contributed by atoms with Crippen molar-refractivity contribution in [2.45, 2.75) is 33.8 Å². The van der Waals surface area contributed by atoms with E-state index in [2.05, 4.69) is 0 Å². The van der Waals surface area contributed by atoms with E-state index in [1.165, 1.54) is 58.9 Å². The Morgan fingerprint density at radius 3 is 2.27 bits per heavy atom. The van der Waals surface area contributed by atoms with Gasteiger partial charge in [-0.2, -0.15) is 17.5 Å². The standard InChI is InChI=1S/C24H24F4N2O4S3/c1-23(31,24(26,27)28)17-4-8-19(9-5-17)30-13-12-29(37(33,34)22-3-2-14-35-22)15-20(30)16-36(32)21-10-6-18(25)7-11-21/h2-11,14,20,31H,12-13,15-16H2,1H3/t20-,23?,36-/m1/s1. The Morgan fingerprint density at radius 2 is 1.70 bits per heavy atom. The zero-order chi connectivity index (χ0) is 27.0. The van der Waals surface area contributed by atoms with Crippen LogP contribution < -0.4 is 4.90 Å². The van der Waals surface area contributed by atoms with Gasteiger partial charge >= 0.3 is 6.18 Å². The van der Waals surface area contributed by atoms with Gasteiger partial charge in [-0.3, -0.25) is 4.21 Å². The maximum absolute atomic E-state index is 13.3. The fourth-order valence-electron chi connectivity index (χ4n) is 4.06. The largest absolute Gasteiger partial charge is 0.421 e. The molecule has 1 N–H and O–H groups in total. The Balaban J connectivity index is 1.63. The van der Waals surface area contributed by atoms with Gasteiger partial charge in [0, 0.05) is 36.0 Å². The SMILES string of the molecule is CC(O)(c1ccc(N2CCN(S(=O)(=O)c3cccs3)C[C@@H]2C[S@@](=O)c2ccc(F)cc2)cc1)C(F)(F)F. The third kappa shape index (κ3) is 5.75. The Morgan fingerprint density at radius 1 is 1.05 bits per heavy atom. The Labute approximate surface area is 218 Å². The van der Waals surface area contributed by atoms with Crippen molar-refractivity contribution in [3.05, 3.63) is 77.4 Å². The molecule has 2 aromatic carbocycles. The first-order valence-corrected chi connectivity index (χ1v) is 14.8.